The van der Waals surface area contributed by atoms with Crippen molar-refractivity contribution in [2.75, 3.05) is 0 Å². The maximum Gasteiger partial charge on any atom is 0.333 e. The van der Waals surface area contributed by atoms with Crippen molar-refractivity contribution in [2.24, 2.45) is 0 Å². The molecule has 1 aromatic heterocycles. The second kappa shape index (κ2) is 5.59. The highest BCUT2D eigenvalue weighted by molar-refractivity contribution is 5.31. The number of hydrogen-bond acceptors (Lipinski definition) is 3. The predicted molar refractivity (Wildman–Crippen MR) is 62.1 cm³/mol. The minimum atomic E-state index is -2.61. The van der Waals surface area contributed by atoms with Crippen molar-refractivity contribution >= 4 is 0 Å². The summed E-state index contributed by atoms with van der Waals surface area (Å²) in [4.78, 5) is 0. The Bertz CT molecular complexity index is 514. The maximum atomic E-state index is 12.3. The molecule has 0 aliphatic rings. The number of hydrogen-bond donors (Lipinski definition) is 2. The highest BCUT2D eigenvalue weighted by Gasteiger charge is 2.07. The van der Waals surface area contributed by atoms with E-state index in [9.17, 15) is 13.9 Å². The molecule has 2 N–H and O–H groups in total. The normalized spacial score (nSPS) is 11.1. The number of para-hydroxylation sites is 1. The number of aromatic nitrogens is 2. The zero-order chi connectivity index (χ0) is 13.0. The van der Waals surface area contributed by atoms with Gasteiger partial charge >= 0.3 is 6.55 Å². The maximum absolute atomic E-state index is 12.3. The number of benzene rings is 1. The molecule has 18 heavy (non-hydrogen) atoms. The zero-order valence-electron chi connectivity index (χ0n) is 9.55. The van der Waals surface area contributed by atoms with Gasteiger partial charge in [-0.1, -0.05) is 18.2 Å². The van der Waals surface area contributed by atoms with Crippen molar-refractivity contribution in [2.45, 2.75) is 19.6 Å². The summed E-state index contributed by atoms with van der Waals surface area (Å²) >= 11 is 0. The van der Waals surface area contributed by atoms with Crippen LogP contribution in [0.2, 0.25) is 0 Å². The van der Waals surface area contributed by atoms with Crippen molar-refractivity contribution in [1.29, 1.82) is 0 Å². The molecule has 0 amide bonds. The lowest BCUT2D eigenvalue weighted by molar-refractivity contribution is 0.0561. The van der Waals surface area contributed by atoms with Gasteiger partial charge in [-0.2, -0.15) is 13.9 Å². The number of aromatic hydroxyl groups is 1. The van der Waals surface area contributed by atoms with E-state index in [1.807, 2.05) is 6.07 Å². The van der Waals surface area contributed by atoms with Gasteiger partial charge < -0.3 is 10.4 Å². The summed E-state index contributed by atoms with van der Waals surface area (Å²) in [6, 6.07) is 8.48. The van der Waals surface area contributed by atoms with Crippen molar-refractivity contribution < 1.29 is 13.9 Å². The van der Waals surface area contributed by atoms with Crippen LogP contribution in [0.25, 0.3) is 0 Å². The fourth-order valence-corrected chi connectivity index (χ4v) is 1.57. The van der Waals surface area contributed by atoms with Gasteiger partial charge in [0, 0.05) is 24.8 Å². The lowest BCUT2D eigenvalue weighted by atomic mass is 10.2. The molecule has 1 aromatic carbocycles. The van der Waals surface area contributed by atoms with Gasteiger partial charge in [0.1, 0.15) is 5.75 Å². The summed E-state index contributed by atoms with van der Waals surface area (Å²) in [6.07, 6.45) is 1.24. The molecule has 0 atom stereocenters. The molecular weight excluding hydrogens is 240 g/mol. The summed E-state index contributed by atoms with van der Waals surface area (Å²) < 4.78 is 25.1. The van der Waals surface area contributed by atoms with E-state index in [2.05, 4.69) is 10.4 Å². The van der Waals surface area contributed by atoms with E-state index >= 15 is 0 Å². The summed E-state index contributed by atoms with van der Waals surface area (Å²) in [7, 11) is 0. The average molecular weight is 253 g/mol. The van der Waals surface area contributed by atoms with Crippen molar-refractivity contribution in [3.05, 3.63) is 47.8 Å². The first-order valence-electron chi connectivity index (χ1n) is 5.46. The molecule has 0 aliphatic heterocycles. The Balaban J connectivity index is 1.87. The third-order valence-electron chi connectivity index (χ3n) is 2.48. The van der Waals surface area contributed by atoms with Gasteiger partial charge in [0.05, 0.1) is 5.69 Å². The van der Waals surface area contributed by atoms with E-state index in [4.69, 9.17) is 0 Å². The SMILES string of the molecule is Oc1ccccc1CNCc1ccn(C(F)F)n1. The molecular formula is C12H13F2N3O. The van der Waals surface area contributed by atoms with E-state index in [0.717, 1.165) is 5.56 Å². The monoisotopic (exact) mass is 253 g/mol. The molecule has 96 valence electrons. The van der Waals surface area contributed by atoms with Crippen LogP contribution in [0.4, 0.5) is 8.78 Å². The number of halogens is 2. The molecule has 2 rings (SSSR count). The number of alkyl halides is 2. The number of nitrogens with zero attached hydrogens (tertiary/aromatic N) is 2. The molecule has 0 saturated carbocycles. The minimum Gasteiger partial charge on any atom is -0.508 e. The predicted octanol–water partition coefficient (Wildman–Crippen LogP) is 2.27. The van der Waals surface area contributed by atoms with Crippen LogP contribution < -0.4 is 5.32 Å². The van der Waals surface area contributed by atoms with E-state index in [1.54, 1.807) is 18.2 Å². The third-order valence-corrected chi connectivity index (χ3v) is 2.48. The van der Waals surface area contributed by atoms with Gasteiger partial charge in [0.2, 0.25) is 0 Å². The standard InChI is InChI=1S/C12H13F2N3O/c13-12(14)17-6-5-10(16-17)8-15-7-9-3-1-2-4-11(9)18/h1-6,12,15,18H,7-8H2. The van der Waals surface area contributed by atoms with Gasteiger partial charge in [0.15, 0.2) is 0 Å². The number of rotatable bonds is 5. The quantitative estimate of drug-likeness (QED) is 0.859. The van der Waals surface area contributed by atoms with Gasteiger partial charge in [-0.15, -0.1) is 0 Å². The highest BCUT2D eigenvalue weighted by atomic mass is 19.3. The van der Waals surface area contributed by atoms with Crippen LogP contribution in [0.5, 0.6) is 5.75 Å². The molecule has 6 heteroatoms. The topological polar surface area (TPSA) is 50.1 Å². The Kier molecular flexibility index (Phi) is 3.88. The van der Waals surface area contributed by atoms with Crippen LogP contribution >= 0.6 is 0 Å². The van der Waals surface area contributed by atoms with Crippen LogP contribution in [-0.4, -0.2) is 14.9 Å². The first-order valence-corrected chi connectivity index (χ1v) is 5.46. The molecule has 1 heterocycles. The van der Waals surface area contributed by atoms with Crippen molar-refractivity contribution in [1.82, 2.24) is 15.1 Å². The number of phenols is 1. The van der Waals surface area contributed by atoms with Crippen LogP contribution in [0, 0.1) is 0 Å². The number of nitrogens with one attached hydrogen (secondary N) is 1. The van der Waals surface area contributed by atoms with E-state index in [1.165, 1.54) is 12.3 Å². The molecule has 0 unspecified atom stereocenters. The van der Waals surface area contributed by atoms with Crippen LogP contribution in [0.3, 0.4) is 0 Å². The highest BCUT2D eigenvalue weighted by Crippen LogP contribution is 2.15. The first-order chi connectivity index (χ1) is 8.66. The fourth-order valence-electron chi connectivity index (χ4n) is 1.57. The molecule has 0 bridgehead atoms. The molecule has 0 saturated heterocycles. The third kappa shape index (κ3) is 3.04. The second-order valence-corrected chi connectivity index (χ2v) is 3.80. The Labute approximate surface area is 103 Å². The molecule has 4 nitrogen and oxygen atoms in total. The Hall–Kier alpha value is -1.95. The summed E-state index contributed by atoms with van der Waals surface area (Å²) in [5.41, 5.74) is 1.29. The van der Waals surface area contributed by atoms with Crippen LogP contribution in [-0.2, 0) is 13.1 Å². The van der Waals surface area contributed by atoms with Crippen LogP contribution in [0.15, 0.2) is 36.5 Å². The zero-order valence-corrected chi connectivity index (χ0v) is 9.55. The summed E-state index contributed by atoms with van der Waals surface area (Å²) in [6.45, 7) is -1.79. The van der Waals surface area contributed by atoms with E-state index in [0.29, 0.717) is 23.5 Å². The molecule has 0 aliphatic carbocycles. The molecule has 0 fully saturated rings. The lowest BCUT2D eigenvalue weighted by Gasteiger charge is -2.05. The van der Waals surface area contributed by atoms with Gasteiger partial charge in [0.25, 0.3) is 0 Å². The average Bonchev–Trinajstić information content (AvgIpc) is 2.80. The van der Waals surface area contributed by atoms with Crippen molar-refractivity contribution in [3.63, 3.8) is 0 Å². The smallest absolute Gasteiger partial charge is 0.333 e. The van der Waals surface area contributed by atoms with E-state index < -0.39 is 6.55 Å². The lowest BCUT2D eigenvalue weighted by Crippen LogP contribution is -2.13. The Morgan fingerprint density at radius 2 is 2.00 bits per heavy atom. The molecule has 2 aromatic rings. The molecule has 0 radical (unpaired) electrons. The fraction of sp³-hybridized carbons (Fsp3) is 0.250. The summed E-state index contributed by atoms with van der Waals surface area (Å²) in [5, 5.41) is 16.3. The molecule has 0 spiro atoms. The van der Waals surface area contributed by atoms with Gasteiger partial charge in [-0.25, -0.2) is 4.68 Å². The minimum absolute atomic E-state index is 0.211. The van der Waals surface area contributed by atoms with Gasteiger partial charge in [-0.3, -0.25) is 0 Å². The largest absolute Gasteiger partial charge is 0.508 e. The van der Waals surface area contributed by atoms with Gasteiger partial charge in [-0.05, 0) is 12.1 Å². The number of phenolic OH excluding ortho intramolecular Hbond substituents is 1. The Morgan fingerprint density at radius 1 is 1.22 bits per heavy atom. The van der Waals surface area contributed by atoms with Crippen molar-refractivity contribution in [3.8, 4) is 5.75 Å². The Morgan fingerprint density at radius 3 is 2.67 bits per heavy atom. The first kappa shape index (κ1) is 12.5. The van der Waals surface area contributed by atoms with Crippen LogP contribution in [0.1, 0.15) is 17.8 Å². The summed E-state index contributed by atoms with van der Waals surface area (Å²) in [5.74, 6) is 0.211. The van der Waals surface area contributed by atoms with E-state index in [-0.39, 0.29) is 5.75 Å². The second-order valence-electron chi connectivity index (χ2n) is 3.80.